The number of carbonyl (C=O) groups excluding carboxylic acids is 1. The minimum Gasteiger partial charge on any atom is -0.378 e. The zero-order valence-electron chi connectivity index (χ0n) is 24.1. The number of piperidine rings is 1. The summed E-state index contributed by atoms with van der Waals surface area (Å²) in [6.45, 7) is 3.85. The SMILES string of the molecule is COC12CCC(n3c([C@H]4C[C@H]5C[C@H]5C(=O)N4c4ccc(F)c(F)c4)nc4cc(-c5c(C)noc5C)ccc43)(CC1)CC2. The van der Waals surface area contributed by atoms with Crippen molar-refractivity contribution in [3.05, 3.63) is 65.3 Å². The first kappa shape index (κ1) is 26.1. The summed E-state index contributed by atoms with van der Waals surface area (Å²) < 4.78 is 42.4. The number of nitrogens with zero attached hydrogens (tertiary/aromatic N) is 4. The molecular formula is C33H34F2N4O3. The molecule has 3 heterocycles. The van der Waals surface area contributed by atoms with E-state index in [-0.39, 0.29) is 34.9 Å². The van der Waals surface area contributed by atoms with Crippen LogP contribution in [0.5, 0.6) is 0 Å². The maximum atomic E-state index is 14.5. The Bertz CT molecular complexity index is 1720. The van der Waals surface area contributed by atoms with E-state index in [0.29, 0.717) is 5.69 Å². The third-order valence-electron chi connectivity index (χ3n) is 10.8. The highest BCUT2D eigenvalue weighted by Crippen LogP contribution is 2.57. The van der Waals surface area contributed by atoms with Crippen molar-refractivity contribution in [3.8, 4) is 11.1 Å². The Morgan fingerprint density at radius 2 is 1.74 bits per heavy atom. The first-order valence-corrected chi connectivity index (χ1v) is 15.0. The van der Waals surface area contributed by atoms with Gasteiger partial charge in [-0.3, -0.25) is 4.79 Å². The van der Waals surface area contributed by atoms with Crippen LogP contribution in [-0.4, -0.2) is 33.3 Å². The Balaban J connectivity index is 1.33. The van der Waals surface area contributed by atoms with E-state index in [9.17, 15) is 13.6 Å². The number of aromatic nitrogens is 3. The summed E-state index contributed by atoms with van der Waals surface area (Å²) in [4.78, 5) is 20.8. The van der Waals surface area contributed by atoms with E-state index < -0.39 is 11.6 Å². The van der Waals surface area contributed by atoms with Crippen molar-refractivity contribution in [2.45, 2.75) is 82.4 Å². The predicted molar refractivity (Wildman–Crippen MR) is 153 cm³/mol. The van der Waals surface area contributed by atoms with E-state index in [1.54, 1.807) is 4.90 Å². The van der Waals surface area contributed by atoms with E-state index in [1.165, 1.54) is 6.07 Å². The number of anilines is 1. The van der Waals surface area contributed by atoms with Crippen LogP contribution in [0.2, 0.25) is 0 Å². The second-order valence-electron chi connectivity index (χ2n) is 13.0. The van der Waals surface area contributed by atoms with Gasteiger partial charge in [0, 0.05) is 35.9 Å². The zero-order valence-corrected chi connectivity index (χ0v) is 24.1. The molecule has 218 valence electrons. The van der Waals surface area contributed by atoms with Crippen LogP contribution in [0.25, 0.3) is 22.2 Å². The van der Waals surface area contributed by atoms with Crippen molar-refractivity contribution in [1.82, 2.24) is 14.7 Å². The molecule has 3 atom stereocenters. The summed E-state index contributed by atoms with van der Waals surface area (Å²) in [5.41, 5.74) is 4.81. The number of ether oxygens (including phenoxy) is 1. The van der Waals surface area contributed by atoms with Gasteiger partial charge in [0.25, 0.3) is 0 Å². The number of amides is 1. The fourth-order valence-corrected chi connectivity index (χ4v) is 8.34. The van der Waals surface area contributed by atoms with Crippen LogP contribution in [-0.2, 0) is 15.1 Å². The number of carbonyl (C=O) groups is 1. The Morgan fingerprint density at radius 3 is 2.40 bits per heavy atom. The van der Waals surface area contributed by atoms with Crippen LogP contribution in [0.4, 0.5) is 14.5 Å². The highest BCUT2D eigenvalue weighted by Gasteiger charge is 2.56. The summed E-state index contributed by atoms with van der Waals surface area (Å²) in [6.07, 6.45) is 7.37. The first-order valence-electron chi connectivity index (χ1n) is 15.0. The number of halogens is 2. The van der Waals surface area contributed by atoms with E-state index in [2.05, 4.69) is 27.9 Å². The van der Waals surface area contributed by atoms with Gasteiger partial charge in [-0.1, -0.05) is 11.2 Å². The molecule has 1 aliphatic heterocycles. The molecule has 1 saturated heterocycles. The molecule has 7 nitrogen and oxygen atoms in total. The van der Waals surface area contributed by atoms with Gasteiger partial charge in [-0.2, -0.15) is 0 Å². The summed E-state index contributed by atoms with van der Waals surface area (Å²) in [5.74, 6) is -0.106. The summed E-state index contributed by atoms with van der Waals surface area (Å²) >= 11 is 0. The quantitative estimate of drug-likeness (QED) is 0.254. The lowest BCUT2D eigenvalue weighted by Crippen LogP contribution is -2.53. The highest BCUT2D eigenvalue weighted by atomic mass is 19.2. The second-order valence-corrected chi connectivity index (χ2v) is 13.0. The van der Waals surface area contributed by atoms with Crippen LogP contribution < -0.4 is 4.90 Å². The molecule has 2 bridgehead atoms. The number of rotatable bonds is 5. The maximum absolute atomic E-state index is 14.5. The molecular weight excluding hydrogens is 538 g/mol. The topological polar surface area (TPSA) is 73.4 Å². The van der Waals surface area contributed by atoms with E-state index >= 15 is 0 Å². The minimum atomic E-state index is -0.955. The smallest absolute Gasteiger partial charge is 0.231 e. The predicted octanol–water partition coefficient (Wildman–Crippen LogP) is 7.15. The number of aryl methyl sites for hydroxylation is 2. The molecule has 9 heteroatoms. The highest BCUT2D eigenvalue weighted by molar-refractivity contribution is 5.98. The molecule has 5 aliphatic rings. The molecule has 5 fully saturated rings. The molecule has 1 amide bonds. The minimum absolute atomic E-state index is 0.0273. The molecule has 2 aromatic carbocycles. The standard InChI is InChI=1S/C33H34F2N4O3/c1-18-29(19(2)42-37-18)20-4-7-27-26(15-20)36-30(39(27)32-8-11-33(41-3,12-9-32)13-10-32)28-16-21-14-23(21)31(40)38(28)22-5-6-24(34)25(35)17-22/h4-7,15,17,21,23,28H,8-14,16H2,1-3H3/t21-,23-,28-,32?,33?/m1/s1. The number of hydrogen-bond donors (Lipinski definition) is 0. The van der Waals surface area contributed by atoms with Crippen LogP contribution in [0.3, 0.4) is 0 Å². The van der Waals surface area contributed by atoms with E-state index in [1.807, 2.05) is 21.0 Å². The van der Waals surface area contributed by atoms with Gasteiger partial charge in [0.2, 0.25) is 5.91 Å². The third kappa shape index (κ3) is 3.68. The number of imidazole rings is 1. The average molecular weight is 573 g/mol. The van der Waals surface area contributed by atoms with Gasteiger partial charge in [-0.15, -0.1) is 0 Å². The molecule has 4 aromatic rings. The summed E-state index contributed by atoms with van der Waals surface area (Å²) in [5, 5.41) is 4.15. The lowest BCUT2D eigenvalue weighted by atomic mass is 9.62. The van der Waals surface area contributed by atoms with Gasteiger partial charge in [-0.05, 0) is 101 Å². The van der Waals surface area contributed by atoms with Crippen LogP contribution in [0, 0.1) is 37.3 Å². The fraction of sp³-hybridized carbons (Fsp3) is 0.485. The van der Waals surface area contributed by atoms with Crippen molar-refractivity contribution >= 4 is 22.6 Å². The van der Waals surface area contributed by atoms with Crippen molar-refractivity contribution in [3.63, 3.8) is 0 Å². The Hall–Kier alpha value is -3.59. The van der Waals surface area contributed by atoms with Gasteiger partial charge in [0.05, 0.1) is 28.4 Å². The summed E-state index contributed by atoms with van der Waals surface area (Å²) in [6, 6.07) is 9.73. The molecule has 42 heavy (non-hydrogen) atoms. The maximum Gasteiger partial charge on any atom is 0.231 e. The van der Waals surface area contributed by atoms with Crippen molar-refractivity contribution in [1.29, 1.82) is 0 Å². The Labute approximate surface area is 242 Å². The van der Waals surface area contributed by atoms with Gasteiger partial charge >= 0.3 is 0 Å². The number of benzene rings is 2. The molecule has 4 aliphatic carbocycles. The number of methoxy groups -OCH3 is 1. The van der Waals surface area contributed by atoms with Gasteiger partial charge in [-0.25, -0.2) is 13.8 Å². The van der Waals surface area contributed by atoms with Gasteiger partial charge in [0.1, 0.15) is 11.6 Å². The first-order chi connectivity index (χ1) is 20.2. The third-order valence-corrected chi connectivity index (χ3v) is 10.8. The normalized spacial score (nSPS) is 30.3. The average Bonchev–Trinajstić information content (AvgIpc) is 3.58. The Kier molecular flexibility index (Phi) is 5.56. The summed E-state index contributed by atoms with van der Waals surface area (Å²) in [7, 11) is 1.83. The van der Waals surface area contributed by atoms with Crippen molar-refractivity contribution < 1.29 is 22.8 Å². The molecule has 0 radical (unpaired) electrons. The lowest BCUT2D eigenvalue weighted by Gasteiger charge is -2.54. The van der Waals surface area contributed by atoms with E-state index in [4.69, 9.17) is 14.2 Å². The van der Waals surface area contributed by atoms with Crippen LogP contribution >= 0.6 is 0 Å². The molecule has 2 aromatic heterocycles. The Morgan fingerprint density at radius 1 is 0.976 bits per heavy atom. The zero-order chi connectivity index (χ0) is 29.0. The number of fused-ring (bicyclic) bond motifs is 5. The number of hydrogen-bond acceptors (Lipinski definition) is 5. The van der Waals surface area contributed by atoms with Crippen molar-refractivity contribution in [2.75, 3.05) is 12.0 Å². The second kappa shape index (κ2) is 8.96. The van der Waals surface area contributed by atoms with Gasteiger partial charge in [0.15, 0.2) is 11.6 Å². The van der Waals surface area contributed by atoms with Crippen LogP contribution in [0.15, 0.2) is 40.9 Å². The molecule has 0 spiro atoms. The molecule has 0 unspecified atom stereocenters. The largest absolute Gasteiger partial charge is 0.378 e. The monoisotopic (exact) mass is 572 g/mol. The van der Waals surface area contributed by atoms with Crippen LogP contribution in [0.1, 0.15) is 74.7 Å². The van der Waals surface area contributed by atoms with E-state index in [0.717, 1.165) is 103 Å². The molecule has 9 rings (SSSR count). The molecule has 4 saturated carbocycles. The molecule has 0 N–H and O–H groups in total. The fourth-order valence-electron chi connectivity index (χ4n) is 8.34. The lowest BCUT2D eigenvalue weighted by molar-refractivity contribution is -0.121. The van der Waals surface area contributed by atoms with Gasteiger partial charge < -0.3 is 18.7 Å². The van der Waals surface area contributed by atoms with Crippen molar-refractivity contribution in [2.24, 2.45) is 11.8 Å².